The number of benzene rings is 1. The molecule has 1 aromatic carbocycles. The molecule has 0 saturated heterocycles. The standard InChI is InChI=1S/C15H19FN2OS/c1-3-19-15-10-14(13(17)9-12(15)16)18(2)7-6-11-5-4-8-20-11/h4-5,8-10H,3,6-7,17H2,1-2H3. The van der Waals surface area contributed by atoms with Gasteiger partial charge in [-0.2, -0.15) is 0 Å². The van der Waals surface area contributed by atoms with Crippen LogP contribution < -0.4 is 15.4 Å². The summed E-state index contributed by atoms with van der Waals surface area (Å²) in [5, 5.41) is 2.06. The maximum atomic E-state index is 13.7. The number of nitrogen functional groups attached to an aromatic ring is 1. The first-order chi connectivity index (χ1) is 9.61. The van der Waals surface area contributed by atoms with Crippen molar-refractivity contribution in [3.8, 4) is 5.75 Å². The van der Waals surface area contributed by atoms with Gasteiger partial charge in [0.1, 0.15) is 0 Å². The van der Waals surface area contributed by atoms with E-state index in [0.717, 1.165) is 18.7 Å². The topological polar surface area (TPSA) is 38.5 Å². The van der Waals surface area contributed by atoms with E-state index in [4.69, 9.17) is 10.5 Å². The second-order valence-corrected chi connectivity index (χ2v) is 5.56. The molecule has 0 spiro atoms. The molecule has 0 amide bonds. The Kier molecular flexibility index (Phi) is 4.84. The largest absolute Gasteiger partial charge is 0.491 e. The normalized spacial score (nSPS) is 10.6. The van der Waals surface area contributed by atoms with Gasteiger partial charge in [0.25, 0.3) is 0 Å². The van der Waals surface area contributed by atoms with E-state index in [2.05, 4.69) is 11.4 Å². The van der Waals surface area contributed by atoms with Gasteiger partial charge in [-0.3, -0.25) is 0 Å². The number of nitrogens with zero attached hydrogens (tertiary/aromatic N) is 1. The highest BCUT2D eigenvalue weighted by atomic mass is 32.1. The van der Waals surface area contributed by atoms with Crippen LogP contribution in [0.2, 0.25) is 0 Å². The van der Waals surface area contributed by atoms with Crippen molar-refractivity contribution in [3.63, 3.8) is 0 Å². The number of ether oxygens (including phenoxy) is 1. The van der Waals surface area contributed by atoms with E-state index in [-0.39, 0.29) is 5.75 Å². The Balaban J connectivity index is 2.11. The summed E-state index contributed by atoms with van der Waals surface area (Å²) in [5.74, 6) is -0.167. The third kappa shape index (κ3) is 3.42. The number of halogens is 1. The van der Waals surface area contributed by atoms with Crippen LogP contribution in [0.25, 0.3) is 0 Å². The van der Waals surface area contributed by atoms with Crippen LogP contribution in [-0.4, -0.2) is 20.2 Å². The lowest BCUT2D eigenvalue weighted by Gasteiger charge is -2.22. The van der Waals surface area contributed by atoms with Crippen LogP contribution in [0, 0.1) is 5.82 Å². The fourth-order valence-electron chi connectivity index (χ4n) is 2.01. The van der Waals surface area contributed by atoms with E-state index in [1.807, 2.05) is 24.9 Å². The molecule has 2 N–H and O–H groups in total. The number of likely N-dealkylation sites (N-methyl/N-ethyl adjacent to an activating group) is 1. The van der Waals surface area contributed by atoms with E-state index in [0.29, 0.717) is 12.3 Å². The number of rotatable bonds is 6. The van der Waals surface area contributed by atoms with Gasteiger partial charge in [-0.15, -0.1) is 11.3 Å². The number of hydrogen-bond acceptors (Lipinski definition) is 4. The second-order valence-electron chi connectivity index (χ2n) is 4.53. The smallest absolute Gasteiger partial charge is 0.167 e. The lowest BCUT2D eigenvalue weighted by Crippen LogP contribution is -2.21. The summed E-state index contributed by atoms with van der Waals surface area (Å²) in [6.07, 6.45) is 0.939. The third-order valence-corrected chi connectivity index (χ3v) is 4.00. The van der Waals surface area contributed by atoms with Crippen LogP contribution in [0.4, 0.5) is 15.8 Å². The minimum absolute atomic E-state index is 0.250. The van der Waals surface area contributed by atoms with Crippen molar-refractivity contribution in [1.82, 2.24) is 0 Å². The van der Waals surface area contributed by atoms with Crippen molar-refractivity contribution in [2.24, 2.45) is 0 Å². The molecule has 0 aliphatic rings. The molecule has 0 saturated carbocycles. The molecule has 1 aromatic heterocycles. The molecule has 0 aliphatic carbocycles. The van der Waals surface area contributed by atoms with E-state index in [1.165, 1.54) is 10.9 Å². The predicted molar refractivity (Wildman–Crippen MR) is 83.3 cm³/mol. The Morgan fingerprint density at radius 1 is 1.40 bits per heavy atom. The van der Waals surface area contributed by atoms with Gasteiger partial charge in [0.2, 0.25) is 0 Å². The van der Waals surface area contributed by atoms with Crippen molar-refractivity contribution in [2.75, 3.05) is 30.8 Å². The summed E-state index contributed by atoms with van der Waals surface area (Å²) >= 11 is 1.74. The Morgan fingerprint density at radius 3 is 2.85 bits per heavy atom. The van der Waals surface area contributed by atoms with Gasteiger partial charge in [0.05, 0.1) is 18.0 Å². The number of nitrogens with two attached hydrogens (primary N) is 1. The van der Waals surface area contributed by atoms with Crippen LogP contribution in [0.15, 0.2) is 29.6 Å². The molecule has 108 valence electrons. The lowest BCUT2D eigenvalue weighted by molar-refractivity contribution is 0.322. The molecule has 0 bridgehead atoms. The summed E-state index contributed by atoms with van der Waals surface area (Å²) in [7, 11) is 1.95. The maximum Gasteiger partial charge on any atom is 0.167 e. The fourth-order valence-corrected chi connectivity index (χ4v) is 2.71. The molecule has 0 aliphatic heterocycles. The Morgan fingerprint density at radius 2 is 2.20 bits per heavy atom. The van der Waals surface area contributed by atoms with Crippen molar-refractivity contribution < 1.29 is 9.13 Å². The summed E-state index contributed by atoms with van der Waals surface area (Å²) in [5.41, 5.74) is 7.13. The van der Waals surface area contributed by atoms with Gasteiger partial charge in [-0.05, 0) is 24.8 Å². The van der Waals surface area contributed by atoms with E-state index in [9.17, 15) is 4.39 Å². The zero-order valence-corrected chi connectivity index (χ0v) is 12.5. The Hall–Kier alpha value is -1.75. The van der Waals surface area contributed by atoms with Crippen LogP contribution in [0.5, 0.6) is 5.75 Å². The molecule has 5 heteroatoms. The van der Waals surface area contributed by atoms with Crippen LogP contribution in [0.3, 0.4) is 0 Å². The van der Waals surface area contributed by atoms with Crippen LogP contribution >= 0.6 is 11.3 Å². The van der Waals surface area contributed by atoms with Crippen molar-refractivity contribution in [3.05, 3.63) is 40.3 Å². The first-order valence-electron chi connectivity index (χ1n) is 6.57. The SMILES string of the molecule is CCOc1cc(N(C)CCc2cccs2)c(N)cc1F. The first-order valence-corrected chi connectivity index (χ1v) is 7.45. The number of thiophene rings is 1. The maximum absolute atomic E-state index is 13.7. The Labute approximate surface area is 122 Å². The molecule has 2 aromatic rings. The van der Waals surface area contributed by atoms with Gasteiger partial charge in [-0.1, -0.05) is 6.07 Å². The number of hydrogen-bond donors (Lipinski definition) is 1. The van der Waals surface area contributed by atoms with Gasteiger partial charge >= 0.3 is 0 Å². The molecular weight excluding hydrogens is 275 g/mol. The van der Waals surface area contributed by atoms with E-state index < -0.39 is 5.82 Å². The molecule has 0 fully saturated rings. The molecule has 3 nitrogen and oxygen atoms in total. The highest BCUT2D eigenvalue weighted by Crippen LogP contribution is 2.30. The van der Waals surface area contributed by atoms with E-state index >= 15 is 0 Å². The summed E-state index contributed by atoms with van der Waals surface area (Å²) < 4.78 is 18.9. The first kappa shape index (κ1) is 14.7. The monoisotopic (exact) mass is 294 g/mol. The average Bonchev–Trinajstić information content (AvgIpc) is 2.92. The third-order valence-electron chi connectivity index (χ3n) is 3.07. The van der Waals surface area contributed by atoms with Crippen LogP contribution in [-0.2, 0) is 6.42 Å². The minimum Gasteiger partial charge on any atom is -0.491 e. The van der Waals surface area contributed by atoms with E-state index in [1.54, 1.807) is 17.4 Å². The fraction of sp³-hybridized carbons (Fsp3) is 0.333. The molecule has 0 atom stereocenters. The molecule has 1 heterocycles. The van der Waals surface area contributed by atoms with Crippen molar-refractivity contribution in [2.45, 2.75) is 13.3 Å². The zero-order valence-electron chi connectivity index (χ0n) is 11.7. The zero-order chi connectivity index (χ0) is 14.5. The summed E-state index contributed by atoms with van der Waals surface area (Å²) in [6.45, 7) is 3.08. The highest BCUT2D eigenvalue weighted by Gasteiger charge is 2.12. The number of anilines is 2. The van der Waals surface area contributed by atoms with Gasteiger partial charge in [0, 0.05) is 30.6 Å². The predicted octanol–water partition coefficient (Wildman–Crippen LogP) is 3.55. The Bertz CT molecular complexity index is 557. The highest BCUT2D eigenvalue weighted by molar-refractivity contribution is 7.09. The second kappa shape index (κ2) is 6.61. The minimum atomic E-state index is -0.417. The molecular formula is C15H19FN2OS. The molecule has 0 radical (unpaired) electrons. The quantitative estimate of drug-likeness (QED) is 0.828. The lowest BCUT2D eigenvalue weighted by atomic mass is 10.2. The molecule has 0 unspecified atom stereocenters. The van der Waals surface area contributed by atoms with Gasteiger partial charge < -0.3 is 15.4 Å². The van der Waals surface area contributed by atoms with Gasteiger partial charge in [-0.25, -0.2) is 4.39 Å². The van der Waals surface area contributed by atoms with Crippen molar-refractivity contribution >= 4 is 22.7 Å². The molecule has 20 heavy (non-hydrogen) atoms. The van der Waals surface area contributed by atoms with Crippen LogP contribution in [0.1, 0.15) is 11.8 Å². The molecule has 2 rings (SSSR count). The van der Waals surface area contributed by atoms with Gasteiger partial charge in [0.15, 0.2) is 11.6 Å². The summed E-state index contributed by atoms with van der Waals surface area (Å²) in [4.78, 5) is 3.35. The average molecular weight is 294 g/mol. The van der Waals surface area contributed by atoms with Crippen molar-refractivity contribution in [1.29, 1.82) is 0 Å². The summed E-state index contributed by atoms with van der Waals surface area (Å²) in [6, 6.07) is 7.14.